The van der Waals surface area contributed by atoms with Gasteiger partial charge in [-0.15, -0.1) is 0 Å². The molecule has 0 spiro atoms. The molecule has 0 atom stereocenters. The molecular formula is C24H19F2NiO2P. The zero-order valence-electron chi connectivity index (χ0n) is 15.7. The molecule has 0 saturated carbocycles. The van der Waals surface area contributed by atoms with E-state index in [1.807, 2.05) is 91.0 Å². The zero-order chi connectivity index (χ0) is 20.6. The summed E-state index contributed by atoms with van der Waals surface area (Å²) < 4.78 is 28.0. The molecule has 2 N–H and O–H groups in total. The number of phenols is 2. The van der Waals surface area contributed by atoms with E-state index in [4.69, 9.17) is 0 Å². The van der Waals surface area contributed by atoms with Gasteiger partial charge in [0.15, 0.2) is 22.6 Å². The van der Waals surface area contributed by atoms with E-state index in [1.54, 1.807) is 0 Å². The minimum Gasteiger partial charge on any atom is -0.504 e. The molecule has 156 valence electrons. The van der Waals surface area contributed by atoms with Gasteiger partial charge in [0.1, 0.15) is 18.5 Å². The molecular weight excluding hydrogens is 448 g/mol. The van der Waals surface area contributed by atoms with Gasteiger partial charge in [0.05, 0.1) is 0 Å². The summed E-state index contributed by atoms with van der Waals surface area (Å²) in [5, 5.41) is 21.3. The van der Waals surface area contributed by atoms with Crippen LogP contribution in [-0.4, -0.2) is 10.2 Å². The third-order valence-corrected chi connectivity index (χ3v) is 6.95. The number of hydrogen-bond acceptors (Lipinski definition) is 2. The first-order chi connectivity index (χ1) is 14.1. The summed E-state index contributed by atoms with van der Waals surface area (Å²) in [5.74, 6) is -3.83. The molecule has 4 rings (SSSR count). The van der Waals surface area contributed by atoms with Gasteiger partial charge < -0.3 is 10.2 Å². The zero-order valence-corrected chi connectivity index (χ0v) is 17.7. The summed E-state index contributed by atoms with van der Waals surface area (Å²) in [5.41, 5.74) is 0. The van der Waals surface area contributed by atoms with Crippen molar-refractivity contribution in [3.63, 3.8) is 0 Å². The molecule has 0 aliphatic rings. The molecule has 30 heavy (non-hydrogen) atoms. The van der Waals surface area contributed by atoms with Crippen LogP contribution in [0, 0.1) is 17.7 Å². The van der Waals surface area contributed by atoms with Crippen LogP contribution in [0.2, 0.25) is 0 Å². The Labute approximate surface area is 185 Å². The minimum atomic E-state index is -1.93. The smallest absolute Gasteiger partial charge is 0.214 e. The fourth-order valence-corrected chi connectivity index (χ4v) is 5.47. The van der Waals surface area contributed by atoms with E-state index in [2.05, 4.69) is 6.07 Å². The molecule has 0 aliphatic carbocycles. The molecule has 0 bridgehead atoms. The van der Waals surface area contributed by atoms with E-state index in [0.29, 0.717) is 0 Å². The van der Waals surface area contributed by atoms with Crippen LogP contribution in [0.15, 0.2) is 97.1 Å². The molecule has 4 aromatic rings. The van der Waals surface area contributed by atoms with Crippen LogP contribution in [0.25, 0.3) is 0 Å². The molecule has 0 heterocycles. The van der Waals surface area contributed by atoms with Gasteiger partial charge in [-0.2, -0.15) is 40.8 Å². The second-order valence-corrected chi connectivity index (χ2v) is 8.50. The van der Waals surface area contributed by atoms with E-state index in [-0.39, 0.29) is 21.8 Å². The van der Waals surface area contributed by atoms with Crippen LogP contribution in [0.5, 0.6) is 11.5 Å². The van der Waals surface area contributed by atoms with Crippen LogP contribution >= 0.6 is 7.92 Å². The van der Waals surface area contributed by atoms with Crippen molar-refractivity contribution in [1.29, 1.82) is 0 Å². The number of aromatic hydroxyl groups is 2. The van der Waals surface area contributed by atoms with Gasteiger partial charge in [-0.05, 0) is 24.3 Å². The van der Waals surface area contributed by atoms with Gasteiger partial charge >= 0.3 is 0 Å². The first-order valence-electron chi connectivity index (χ1n) is 8.88. The Morgan fingerprint density at radius 3 is 1.57 bits per heavy atom. The van der Waals surface area contributed by atoms with Crippen LogP contribution in [0.4, 0.5) is 8.78 Å². The summed E-state index contributed by atoms with van der Waals surface area (Å²) >= 11 is 0. The molecule has 0 saturated heterocycles. The first-order valence-corrected chi connectivity index (χ1v) is 10.4. The van der Waals surface area contributed by atoms with Crippen LogP contribution in [0.1, 0.15) is 0 Å². The van der Waals surface area contributed by atoms with Crippen molar-refractivity contribution < 1.29 is 35.5 Å². The van der Waals surface area contributed by atoms with Crippen LogP contribution in [0.3, 0.4) is 0 Å². The number of hydrogen-bond donors (Lipinski definition) is 2. The van der Waals surface area contributed by atoms with Crippen LogP contribution in [-0.2, 0) is 16.5 Å². The van der Waals surface area contributed by atoms with E-state index >= 15 is 0 Å². The fourth-order valence-electron chi connectivity index (χ4n) is 2.84. The molecule has 0 aliphatic heterocycles. The molecule has 0 unspecified atom stereocenters. The van der Waals surface area contributed by atoms with E-state index in [9.17, 15) is 19.0 Å². The van der Waals surface area contributed by atoms with Crippen molar-refractivity contribution in [2.45, 2.75) is 0 Å². The number of halogens is 2. The molecule has 2 nitrogen and oxygen atoms in total. The monoisotopic (exact) mass is 466 g/mol. The van der Waals surface area contributed by atoms with Gasteiger partial charge in [-0.3, -0.25) is 0 Å². The molecule has 0 radical (unpaired) electrons. The van der Waals surface area contributed by atoms with Gasteiger partial charge in [0, 0.05) is 22.6 Å². The molecule has 0 aromatic heterocycles. The van der Waals surface area contributed by atoms with Gasteiger partial charge in [0.25, 0.3) is 0 Å². The Hall–Kier alpha value is -2.74. The summed E-state index contributed by atoms with van der Waals surface area (Å²) in [6.07, 6.45) is 0. The number of rotatable bonds is 3. The van der Waals surface area contributed by atoms with E-state index in [1.165, 1.54) is 0 Å². The fraction of sp³-hybridized carbons (Fsp3) is 0. The van der Waals surface area contributed by atoms with E-state index in [0.717, 1.165) is 16.7 Å². The van der Waals surface area contributed by atoms with Crippen molar-refractivity contribution in [3.8, 4) is 11.5 Å². The van der Waals surface area contributed by atoms with Gasteiger partial charge in [0.2, 0.25) is 5.82 Å². The van der Waals surface area contributed by atoms with Gasteiger partial charge in [-0.1, -0.05) is 36.4 Å². The number of phenolic OH excluding ortho intramolecular Hbond substituents is 2. The maximum absolute atomic E-state index is 14.5. The third-order valence-electron chi connectivity index (χ3n) is 4.16. The van der Waals surface area contributed by atoms with Gasteiger partial charge in [-0.25, -0.2) is 4.39 Å². The molecule has 0 fully saturated rings. The third kappa shape index (κ3) is 5.66. The summed E-state index contributed by atoms with van der Waals surface area (Å²) in [7, 11) is -1.93. The average molecular weight is 467 g/mol. The predicted molar refractivity (Wildman–Crippen MR) is 115 cm³/mol. The second kappa shape index (κ2) is 11.4. The Balaban J connectivity index is 0.000000395. The maximum atomic E-state index is 14.5. The SMILES string of the molecule is Oc1cc(F)c(O)c(F)c1[PH+](c1ccccc1)c1ccccc1.[Ni].[c-]1ccccc1. The number of benzene rings is 4. The standard InChI is InChI=1S/C18H13F2O2P.C6H5.Ni/c19-14-11-15(21)18(16(20)17(14)22)23(12-7-3-1-4-8-12)13-9-5-2-6-10-13;1-2-4-6-5-3-1;/h1-11,21-22H;1-5H;/q;-1;/p+1. The largest absolute Gasteiger partial charge is 0.504 e. The normalized spacial score (nSPS) is 9.97. The van der Waals surface area contributed by atoms with E-state index < -0.39 is 31.1 Å². The molecule has 0 amide bonds. The summed E-state index contributed by atoms with van der Waals surface area (Å²) in [6, 6.07) is 31.6. The first kappa shape index (κ1) is 23.5. The minimum absolute atomic E-state index is 0. The Morgan fingerprint density at radius 1 is 0.700 bits per heavy atom. The Bertz CT molecular complexity index is 983. The van der Waals surface area contributed by atoms with Crippen molar-refractivity contribution in [3.05, 3.63) is 115 Å². The van der Waals surface area contributed by atoms with Crippen molar-refractivity contribution >= 4 is 23.8 Å². The van der Waals surface area contributed by atoms with Crippen LogP contribution < -0.4 is 15.9 Å². The van der Waals surface area contributed by atoms with Crippen molar-refractivity contribution in [2.24, 2.45) is 0 Å². The van der Waals surface area contributed by atoms with Crippen molar-refractivity contribution in [2.75, 3.05) is 0 Å². The quantitative estimate of drug-likeness (QED) is 0.204. The molecule has 4 aromatic carbocycles. The topological polar surface area (TPSA) is 40.5 Å². The second-order valence-electron chi connectivity index (χ2n) is 6.10. The van der Waals surface area contributed by atoms with Crippen molar-refractivity contribution in [1.82, 2.24) is 0 Å². The maximum Gasteiger partial charge on any atom is 0.214 e. The molecule has 6 heteroatoms. The summed E-state index contributed by atoms with van der Waals surface area (Å²) in [6.45, 7) is 0. The Morgan fingerprint density at radius 2 is 1.17 bits per heavy atom. The average Bonchev–Trinajstić information content (AvgIpc) is 2.78. The predicted octanol–water partition coefficient (Wildman–Crippen LogP) is 4.35. The Kier molecular flexibility index (Phi) is 8.98. The summed E-state index contributed by atoms with van der Waals surface area (Å²) in [4.78, 5) is 0.